The number of rotatable bonds is 2. The van der Waals surface area contributed by atoms with Crippen LogP contribution >= 0.6 is 44.3 Å². The van der Waals surface area contributed by atoms with Gasteiger partial charge in [-0.1, -0.05) is 0 Å². The Labute approximate surface area is 123 Å². The largest absolute Gasteiger partial charge is 0.392 e. The lowest BCUT2D eigenvalue weighted by atomic mass is 10.2. The average molecular weight is 385 g/mol. The Kier molecular flexibility index (Phi) is 5.72. The van der Waals surface area contributed by atoms with E-state index in [1.165, 1.54) is 0 Å². The highest BCUT2D eigenvalue weighted by molar-refractivity contribution is 9.11. The van der Waals surface area contributed by atoms with Crippen molar-refractivity contribution in [2.45, 2.75) is 6.61 Å². The number of hydrogen-bond acceptors (Lipinski definition) is 2. The summed E-state index contributed by atoms with van der Waals surface area (Å²) in [5, 5.41) is 15.3. The molecule has 2 rings (SSSR count). The molecule has 0 unspecified atom stereocenters. The molecular formula is C10H12Br2ClN3O. The number of nitrogens with zero attached hydrogens (tertiary/aromatic N) is 1. The maximum absolute atomic E-state index is 9.06. The monoisotopic (exact) mass is 383 g/mol. The molecule has 0 atom stereocenters. The van der Waals surface area contributed by atoms with Crippen LogP contribution in [-0.4, -0.2) is 24.2 Å². The third kappa shape index (κ3) is 3.58. The maximum Gasteiger partial charge on any atom is 0.196 e. The second kappa shape index (κ2) is 6.58. The number of nitrogens with one attached hydrogen (secondary N) is 2. The van der Waals surface area contributed by atoms with Gasteiger partial charge in [-0.15, -0.1) is 12.4 Å². The topological polar surface area (TPSA) is 56.7 Å². The Hall–Kier alpha value is -0.300. The zero-order valence-corrected chi connectivity index (χ0v) is 12.8. The smallest absolute Gasteiger partial charge is 0.196 e. The summed E-state index contributed by atoms with van der Waals surface area (Å²) in [6.07, 6.45) is 0. The van der Waals surface area contributed by atoms with Gasteiger partial charge in [-0.25, -0.2) is 4.99 Å². The molecule has 0 bridgehead atoms. The fraction of sp³-hybridized carbons (Fsp3) is 0.300. The van der Waals surface area contributed by atoms with Gasteiger partial charge < -0.3 is 15.7 Å². The van der Waals surface area contributed by atoms with E-state index in [1.807, 2.05) is 12.1 Å². The zero-order valence-electron chi connectivity index (χ0n) is 8.83. The van der Waals surface area contributed by atoms with Crippen molar-refractivity contribution in [1.82, 2.24) is 10.6 Å². The summed E-state index contributed by atoms with van der Waals surface area (Å²) in [7, 11) is 0. The van der Waals surface area contributed by atoms with Gasteiger partial charge >= 0.3 is 0 Å². The molecule has 0 saturated carbocycles. The molecule has 7 heteroatoms. The molecule has 0 aromatic heterocycles. The third-order valence-electron chi connectivity index (χ3n) is 2.19. The zero-order chi connectivity index (χ0) is 11.5. The molecule has 0 aliphatic carbocycles. The Balaban J connectivity index is 0.00000144. The van der Waals surface area contributed by atoms with E-state index in [4.69, 9.17) is 5.11 Å². The van der Waals surface area contributed by atoms with Crippen LogP contribution in [0.5, 0.6) is 0 Å². The molecular weight excluding hydrogens is 373 g/mol. The summed E-state index contributed by atoms with van der Waals surface area (Å²) < 4.78 is 1.71. The Morgan fingerprint density at radius 1 is 1.18 bits per heavy atom. The predicted molar refractivity (Wildman–Crippen MR) is 78.1 cm³/mol. The summed E-state index contributed by atoms with van der Waals surface area (Å²) in [5.41, 5.74) is 1.66. The van der Waals surface area contributed by atoms with Crippen LogP contribution in [0.4, 0.5) is 5.69 Å². The molecule has 0 amide bonds. The average Bonchev–Trinajstić information content (AvgIpc) is 2.75. The van der Waals surface area contributed by atoms with Crippen molar-refractivity contribution < 1.29 is 5.11 Å². The molecule has 0 radical (unpaired) electrons. The number of benzene rings is 1. The molecule has 1 aliphatic rings. The van der Waals surface area contributed by atoms with Crippen LogP contribution in [-0.2, 0) is 6.61 Å². The van der Waals surface area contributed by atoms with E-state index < -0.39 is 0 Å². The van der Waals surface area contributed by atoms with Crippen LogP contribution in [0.15, 0.2) is 26.1 Å². The van der Waals surface area contributed by atoms with Gasteiger partial charge in [0.1, 0.15) is 0 Å². The number of hydrogen-bond donors (Lipinski definition) is 3. The van der Waals surface area contributed by atoms with Gasteiger partial charge in [-0.2, -0.15) is 0 Å². The number of halogens is 3. The first kappa shape index (κ1) is 14.8. The Morgan fingerprint density at radius 2 is 1.71 bits per heavy atom. The minimum Gasteiger partial charge on any atom is -0.392 e. The van der Waals surface area contributed by atoms with Crippen LogP contribution in [0.25, 0.3) is 0 Å². The van der Waals surface area contributed by atoms with Gasteiger partial charge in [-0.05, 0) is 49.6 Å². The van der Waals surface area contributed by atoms with Gasteiger partial charge in [0, 0.05) is 22.0 Å². The first-order valence-corrected chi connectivity index (χ1v) is 6.44. The number of aliphatic imine (C=N–C) groups is 1. The molecule has 1 saturated heterocycles. The molecule has 3 N–H and O–H groups in total. The minimum atomic E-state index is 0. The van der Waals surface area contributed by atoms with E-state index in [0.717, 1.165) is 39.2 Å². The van der Waals surface area contributed by atoms with Crippen molar-refractivity contribution in [2.75, 3.05) is 13.1 Å². The van der Waals surface area contributed by atoms with E-state index in [1.54, 1.807) is 0 Å². The van der Waals surface area contributed by atoms with Crippen molar-refractivity contribution in [1.29, 1.82) is 0 Å². The summed E-state index contributed by atoms with van der Waals surface area (Å²) >= 11 is 6.88. The van der Waals surface area contributed by atoms with Crippen molar-refractivity contribution in [3.63, 3.8) is 0 Å². The van der Waals surface area contributed by atoms with E-state index >= 15 is 0 Å². The molecule has 0 spiro atoms. The van der Waals surface area contributed by atoms with Gasteiger partial charge in [0.05, 0.1) is 12.3 Å². The molecule has 1 aliphatic heterocycles. The second-order valence-corrected chi connectivity index (χ2v) is 5.09. The summed E-state index contributed by atoms with van der Waals surface area (Å²) in [6.45, 7) is 1.80. The SMILES string of the molecule is Cl.OCc1cc(Br)c(N=C2NCCN2)c(Br)c1. The quantitative estimate of drug-likeness (QED) is 0.732. The van der Waals surface area contributed by atoms with E-state index in [-0.39, 0.29) is 19.0 Å². The van der Waals surface area contributed by atoms with Crippen molar-refractivity contribution in [3.8, 4) is 0 Å². The molecule has 17 heavy (non-hydrogen) atoms. The standard InChI is InChI=1S/C10H11Br2N3O.ClH/c11-7-3-6(5-16)4-8(12)9(7)15-10-13-1-2-14-10;/h3-4,16H,1-2,5H2,(H2,13,14,15);1H. The van der Waals surface area contributed by atoms with Crippen LogP contribution in [0.3, 0.4) is 0 Å². The lowest BCUT2D eigenvalue weighted by Gasteiger charge is -2.06. The van der Waals surface area contributed by atoms with Crippen LogP contribution in [0, 0.1) is 0 Å². The molecule has 1 aromatic carbocycles. The van der Waals surface area contributed by atoms with Crippen molar-refractivity contribution >= 4 is 55.9 Å². The third-order valence-corrected chi connectivity index (χ3v) is 3.40. The molecule has 1 heterocycles. The van der Waals surface area contributed by atoms with Gasteiger partial charge in [0.15, 0.2) is 5.96 Å². The number of aliphatic hydroxyl groups excluding tert-OH is 1. The fourth-order valence-electron chi connectivity index (χ4n) is 1.43. The summed E-state index contributed by atoms with van der Waals surface area (Å²) in [6, 6.07) is 3.72. The lowest BCUT2D eigenvalue weighted by molar-refractivity contribution is 0.281. The highest BCUT2D eigenvalue weighted by atomic mass is 79.9. The van der Waals surface area contributed by atoms with E-state index in [2.05, 4.69) is 47.5 Å². The van der Waals surface area contributed by atoms with Gasteiger partial charge in [-0.3, -0.25) is 0 Å². The fourth-order valence-corrected chi connectivity index (χ4v) is 2.89. The first-order valence-electron chi connectivity index (χ1n) is 4.86. The molecule has 94 valence electrons. The van der Waals surface area contributed by atoms with E-state index in [0.29, 0.717) is 0 Å². The number of guanidine groups is 1. The van der Waals surface area contributed by atoms with Crippen molar-refractivity contribution in [3.05, 3.63) is 26.6 Å². The Morgan fingerprint density at radius 3 is 2.18 bits per heavy atom. The van der Waals surface area contributed by atoms with Gasteiger partial charge in [0.2, 0.25) is 0 Å². The maximum atomic E-state index is 9.06. The lowest BCUT2D eigenvalue weighted by Crippen LogP contribution is -2.23. The molecule has 1 fully saturated rings. The minimum absolute atomic E-state index is 0. The molecule has 1 aromatic rings. The normalized spacial score (nSPS) is 13.7. The highest BCUT2D eigenvalue weighted by Gasteiger charge is 2.10. The van der Waals surface area contributed by atoms with E-state index in [9.17, 15) is 0 Å². The predicted octanol–water partition coefficient (Wildman–Crippen LogP) is 2.31. The van der Waals surface area contributed by atoms with Gasteiger partial charge in [0.25, 0.3) is 0 Å². The first-order chi connectivity index (χ1) is 7.70. The molecule has 4 nitrogen and oxygen atoms in total. The Bertz CT molecular complexity index is 409. The van der Waals surface area contributed by atoms with Crippen LogP contribution in [0.1, 0.15) is 5.56 Å². The summed E-state index contributed by atoms with van der Waals surface area (Å²) in [5.74, 6) is 0.776. The highest BCUT2D eigenvalue weighted by Crippen LogP contribution is 2.35. The van der Waals surface area contributed by atoms with Crippen LogP contribution < -0.4 is 10.6 Å². The number of aliphatic hydroxyl groups is 1. The van der Waals surface area contributed by atoms with Crippen LogP contribution in [0.2, 0.25) is 0 Å². The summed E-state index contributed by atoms with van der Waals surface area (Å²) in [4.78, 5) is 4.45. The van der Waals surface area contributed by atoms with Crippen molar-refractivity contribution in [2.24, 2.45) is 4.99 Å². The second-order valence-electron chi connectivity index (χ2n) is 3.38.